The van der Waals surface area contributed by atoms with E-state index in [4.69, 9.17) is 4.74 Å². The van der Waals surface area contributed by atoms with E-state index in [-0.39, 0.29) is 17.8 Å². The van der Waals surface area contributed by atoms with Crippen LogP contribution in [-0.2, 0) is 9.53 Å². The highest BCUT2D eigenvalue weighted by atomic mass is 16.6. The molecule has 0 radical (unpaired) electrons. The van der Waals surface area contributed by atoms with Gasteiger partial charge in [-0.3, -0.25) is 4.79 Å². The van der Waals surface area contributed by atoms with E-state index in [1.165, 1.54) is 0 Å². The van der Waals surface area contributed by atoms with Gasteiger partial charge in [0.25, 0.3) is 0 Å². The third-order valence-corrected chi connectivity index (χ3v) is 3.07. The maximum Gasteiger partial charge on any atom is 0.311 e. The Balaban J connectivity index is 2.12. The van der Waals surface area contributed by atoms with Gasteiger partial charge in [-0.1, -0.05) is 13.3 Å². The highest BCUT2D eigenvalue weighted by molar-refractivity contribution is 5.75. The van der Waals surface area contributed by atoms with Crippen LogP contribution in [0.5, 0.6) is 0 Å². The lowest BCUT2D eigenvalue weighted by Gasteiger charge is -2.26. The first kappa shape index (κ1) is 8.05. The van der Waals surface area contributed by atoms with Crippen LogP contribution in [0.4, 0.5) is 0 Å². The van der Waals surface area contributed by atoms with Crippen molar-refractivity contribution < 1.29 is 14.6 Å². The lowest BCUT2D eigenvalue weighted by Crippen LogP contribution is -2.27. The van der Waals surface area contributed by atoms with Crippen LogP contribution in [0, 0.1) is 17.8 Å². The van der Waals surface area contributed by atoms with E-state index in [1.807, 2.05) is 0 Å². The summed E-state index contributed by atoms with van der Waals surface area (Å²) in [7, 11) is 0. The Labute approximate surface area is 71.7 Å². The van der Waals surface area contributed by atoms with Crippen LogP contribution in [0.15, 0.2) is 0 Å². The van der Waals surface area contributed by atoms with E-state index in [0.717, 1.165) is 19.3 Å². The van der Waals surface area contributed by atoms with Gasteiger partial charge >= 0.3 is 5.97 Å². The number of rotatable bonds is 0. The molecule has 0 spiro atoms. The quantitative estimate of drug-likeness (QED) is 0.550. The lowest BCUT2D eigenvalue weighted by molar-refractivity contribution is -0.156. The first-order valence-electron chi connectivity index (χ1n) is 4.57. The molecule has 3 heteroatoms. The summed E-state index contributed by atoms with van der Waals surface area (Å²) in [4.78, 5) is 11.2. The highest BCUT2D eigenvalue weighted by Gasteiger charge is 2.46. The van der Waals surface area contributed by atoms with Crippen LogP contribution >= 0.6 is 0 Å². The molecule has 1 aliphatic carbocycles. The number of carbonyl (C=O) groups is 1. The summed E-state index contributed by atoms with van der Waals surface area (Å²) in [5, 5.41) is 9.34. The van der Waals surface area contributed by atoms with Gasteiger partial charge in [0, 0.05) is 5.92 Å². The molecule has 1 heterocycles. The Morgan fingerprint density at radius 2 is 2.25 bits per heavy atom. The topological polar surface area (TPSA) is 46.5 Å². The lowest BCUT2D eigenvalue weighted by atomic mass is 9.76. The average molecular weight is 170 g/mol. The summed E-state index contributed by atoms with van der Waals surface area (Å²) in [5.74, 6) is 0.459. The molecule has 0 aromatic heterocycles. The van der Waals surface area contributed by atoms with Gasteiger partial charge in [0.1, 0.15) is 0 Å². The van der Waals surface area contributed by atoms with Gasteiger partial charge in [0.05, 0.1) is 5.92 Å². The van der Waals surface area contributed by atoms with Gasteiger partial charge in [-0.15, -0.1) is 0 Å². The summed E-state index contributed by atoms with van der Waals surface area (Å²) in [6.07, 6.45) is 2.10. The van der Waals surface area contributed by atoms with Crippen LogP contribution in [0.25, 0.3) is 0 Å². The molecule has 1 N–H and O–H groups in total. The summed E-state index contributed by atoms with van der Waals surface area (Å²) in [6, 6.07) is 0. The fourth-order valence-electron chi connectivity index (χ4n) is 2.31. The van der Waals surface area contributed by atoms with Crippen molar-refractivity contribution in [2.75, 3.05) is 0 Å². The number of aliphatic hydroxyl groups excluding tert-OH is 1. The molecule has 0 aromatic carbocycles. The van der Waals surface area contributed by atoms with Crippen molar-refractivity contribution in [1.82, 2.24) is 0 Å². The summed E-state index contributed by atoms with van der Waals surface area (Å²) in [5.41, 5.74) is 0. The summed E-state index contributed by atoms with van der Waals surface area (Å²) >= 11 is 0. The van der Waals surface area contributed by atoms with Gasteiger partial charge < -0.3 is 9.84 Å². The molecule has 3 unspecified atom stereocenters. The molecule has 2 rings (SSSR count). The molecule has 0 bridgehead atoms. The Morgan fingerprint density at radius 3 is 3.00 bits per heavy atom. The standard InChI is InChI=1S/C9H14O3/c1-5-2-3-6-7(4-5)9(11)12-8(6)10/h5-8,10H,2-4H2,1H3/t5-,6?,7?,8?/m0/s1. The molecule has 0 amide bonds. The smallest absolute Gasteiger partial charge is 0.311 e. The molecular formula is C9H14O3. The van der Waals surface area contributed by atoms with Crippen LogP contribution in [-0.4, -0.2) is 17.4 Å². The largest absolute Gasteiger partial charge is 0.435 e. The molecule has 3 nitrogen and oxygen atoms in total. The van der Waals surface area contributed by atoms with Crippen molar-refractivity contribution in [3.05, 3.63) is 0 Å². The molecule has 12 heavy (non-hydrogen) atoms. The van der Waals surface area contributed by atoms with E-state index >= 15 is 0 Å². The van der Waals surface area contributed by atoms with Crippen LogP contribution < -0.4 is 0 Å². The zero-order valence-corrected chi connectivity index (χ0v) is 7.19. The summed E-state index contributed by atoms with van der Waals surface area (Å²) < 4.78 is 4.77. The Hall–Kier alpha value is -0.570. The molecule has 0 aromatic rings. The molecular weight excluding hydrogens is 156 g/mol. The SMILES string of the molecule is C[C@H]1CCC2C(O)OC(=O)C2C1. The number of carbonyl (C=O) groups excluding carboxylic acids is 1. The van der Waals surface area contributed by atoms with E-state index in [2.05, 4.69) is 6.92 Å². The Bertz CT molecular complexity index is 202. The second-order valence-electron chi connectivity index (χ2n) is 4.02. The van der Waals surface area contributed by atoms with Gasteiger partial charge in [-0.2, -0.15) is 0 Å². The predicted octanol–water partition coefficient (Wildman–Crippen LogP) is 0.914. The Kier molecular flexibility index (Phi) is 1.83. The molecule has 1 saturated heterocycles. The average Bonchev–Trinajstić information content (AvgIpc) is 2.28. The van der Waals surface area contributed by atoms with Gasteiger partial charge in [0.2, 0.25) is 6.29 Å². The molecule has 4 atom stereocenters. The van der Waals surface area contributed by atoms with Crippen LogP contribution in [0.3, 0.4) is 0 Å². The van der Waals surface area contributed by atoms with Crippen LogP contribution in [0.1, 0.15) is 26.2 Å². The minimum atomic E-state index is -0.824. The van der Waals surface area contributed by atoms with E-state index in [0.29, 0.717) is 5.92 Å². The molecule has 1 aliphatic heterocycles. The van der Waals surface area contributed by atoms with Crippen molar-refractivity contribution in [3.63, 3.8) is 0 Å². The highest BCUT2D eigenvalue weighted by Crippen LogP contribution is 2.40. The van der Waals surface area contributed by atoms with E-state index in [9.17, 15) is 9.90 Å². The van der Waals surface area contributed by atoms with Gasteiger partial charge in [0.15, 0.2) is 0 Å². The van der Waals surface area contributed by atoms with Crippen molar-refractivity contribution in [2.24, 2.45) is 17.8 Å². The van der Waals surface area contributed by atoms with Crippen molar-refractivity contribution >= 4 is 5.97 Å². The number of cyclic esters (lactones) is 1. The summed E-state index contributed by atoms with van der Waals surface area (Å²) in [6.45, 7) is 2.15. The number of hydrogen-bond acceptors (Lipinski definition) is 3. The molecule has 2 fully saturated rings. The minimum Gasteiger partial charge on any atom is -0.435 e. The second-order valence-corrected chi connectivity index (χ2v) is 4.02. The maximum atomic E-state index is 11.2. The molecule has 1 saturated carbocycles. The zero-order chi connectivity index (χ0) is 8.72. The first-order chi connectivity index (χ1) is 5.68. The van der Waals surface area contributed by atoms with Crippen LogP contribution in [0.2, 0.25) is 0 Å². The third-order valence-electron chi connectivity index (χ3n) is 3.07. The maximum absolute atomic E-state index is 11.2. The first-order valence-corrected chi connectivity index (χ1v) is 4.57. The van der Waals surface area contributed by atoms with E-state index in [1.54, 1.807) is 0 Å². The number of ether oxygens (including phenoxy) is 1. The fraction of sp³-hybridized carbons (Fsp3) is 0.889. The number of aliphatic hydroxyl groups is 1. The van der Waals surface area contributed by atoms with Gasteiger partial charge in [-0.25, -0.2) is 0 Å². The van der Waals surface area contributed by atoms with Crippen molar-refractivity contribution in [2.45, 2.75) is 32.5 Å². The predicted molar refractivity (Wildman–Crippen MR) is 42.1 cm³/mol. The number of hydrogen-bond donors (Lipinski definition) is 1. The van der Waals surface area contributed by atoms with Gasteiger partial charge in [-0.05, 0) is 18.8 Å². The third kappa shape index (κ3) is 1.12. The monoisotopic (exact) mass is 170 g/mol. The zero-order valence-electron chi connectivity index (χ0n) is 7.19. The van der Waals surface area contributed by atoms with E-state index < -0.39 is 6.29 Å². The normalized spacial score (nSPS) is 47.0. The molecule has 68 valence electrons. The Morgan fingerprint density at radius 1 is 1.50 bits per heavy atom. The molecule has 2 aliphatic rings. The van der Waals surface area contributed by atoms with Crippen molar-refractivity contribution in [3.8, 4) is 0 Å². The minimum absolute atomic E-state index is 0.0243. The van der Waals surface area contributed by atoms with Crippen molar-refractivity contribution in [1.29, 1.82) is 0 Å². The number of esters is 1. The fourth-order valence-corrected chi connectivity index (χ4v) is 2.31. The number of fused-ring (bicyclic) bond motifs is 1. The second kappa shape index (κ2) is 2.73.